The van der Waals surface area contributed by atoms with Gasteiger partial charge in [-0.3, -0.25) is 4.79 Å². The molecule has 0 aliphatic carbocycles. The summed E-state index contributed by atoms with van der Waals surface area (Å²) in [5.41, 5.74) is 0. The average Bonchev–Trinajstić information content (AvgIpc) is 2.25. The second kappa shape index (κ2) is 5.79. The second-order valence-electron chi connectivity index (χ2n) is 4.41. The Labute approximate surface area is 101 Å². The molecule has 0 aromatic heterocycles. The van der Waals surface area contributed by atoms with Crippen LogP contribution in [-0.2, 0) is 19.4 Å². The van der Waals surface area contributed by atoms with Crippen LogP contribution in [0.2, 0.25) is 0 Å². The van der Waals surface area contributed by atoms with Gasteiger partial charge >= 0.3 is 0 Å². The monoisotopic (exact) mass is 265 g/mol. The Balaban J connectivity index is 2.54. The summed E-state index contributed by atoms with van der Waals surface area (Å²) in [6.45, 7) is 2.39. The van der Waals surface area contributed by atoms with Crippen molar-refractivity contribution in [1.29, 1.82) is 0 Å². The van der Waals surface area contributed by atoms with E-state index < -0.39 is 9.84 Å². The van der Waals surface area contributed by atoms with Crippen molar-refractivity contribution < 1.29 is 23.1 Å². The molecule has 1 rings (SSSR count). The highest BCUT2D eigenvalue weighted by Gasteiger charge is 2.29. The van der Waals surface area contributed by atoms with Crippen LogP contribution >= 0.6 is 0 Å². The third-order valence-electron chi connectivity index (χ3n) is 2.72. The standard InChI is InChI=1S/C10H19NO5S/c1-8-7-16-9(6-12)5-11(8)10(13)3-4-17(2,14)15/h8-9,12H,3-7H2,1-2H3. The van der Waals surface area contributed by atoms with E-state index in [0.717, 1.165) is 6.26 Å². The van der Waals surface area contributed by atoms with Crippen LogP contribution in [0.25, 0.3) is 0 Å². The third-order valence-corrected chi connectivity index (χ3v) is 3.66. The molecule has 0 aromatic carbocycles. The minimum Gasteiger partial charge on any atom is -0.394 e. The van der Waals surface area contributed by atoms with E-state index in [4.69, 9.17) is 9.84 Å². The number of hydrogen-bond acceptors (Lipinski definition) is 5. The van der Waals surface area contributed by atoms with Crippen LogP contribution in [0.5, 0.6) is 0 Å². The van der Waals surface area contributed by atoms with Crippen molar-refractivity contribution in [2.24, 2.45) is 0 Å². The minimum atomic E-state index is -3.12. The van der Waals surface area contributed by atoms with Gasteiger partial charge in [0.05, 0.1) is 31.1 Å². The van der Waals surface area contributed by atoms with Gasteiger partial charge in [0, 0.05) is 19.2 Å². The summed E-state index contributed by atoms with van der Waals surface area (Å²) in [6.07, 6.45) is 0.731. The first kappa shape index (κ1) is 14.4. The first-order chi connectivity index (χ1) is 7.83. The van der Waals surface area contributed by atoms with Crippen molar-refractivity contribution >= 4 is 15.7 Å². The number of amides is 1. The van der Waals surface area contributed by atoms with Crippen LogP contribution in [0, 0.1) is 0 Å². The molecule has 2 unspecified atom stereocenters. The summed E-state index contributed by atoms with van der Waals surface area (Å²) in [5.74, 6) is -0.343. The van der Waals surface area contributed by atoms with Gasteiger partial charge < -0.3 is 14.7 Å². The van der Waals surface area contributed by atoms with E-state index in [9.17, 15) is 13.2 Å². The topological polar surface area (TPSA) is 83.9 Å². The largest absolute Gasteiger partial charge is 0.394 e. The summed E-state index contributed by atoms with van der Waals surface area (Å²) in [7, 11) is -3.12. The van der Waals surface area contributed by atoms with E-state index >= 15 is 0 Å². The Morgan fingerprint density at radius 1 is 1.53 bits per heavy atom. The van der Waals surface area contributed by atoms with E-state index in [-0.39, 0.29) is 36.8 Å². The highest BCUT2D eigenvalue weighted by Crippen LogP contribution is 2.13. The molecule has 1 N–H and O–H groups in total. The van der Waals surface area contributed by atoms with Crippen LogP contribution in [0.1, 0.15) is 13.3 Å². The lowest BCUT2D eigenvalue weighted by Crippen LogP contribution is -2.52. The van der Waals surface area contributed by atoms with Gasteiger partial charge in [0.2, 0.25) is 5.91 Å². The number of nitrogens with zero attached hydrogens (tertiary/aromatic N) is 1. The quantitative estimate of drug-likeness (QED) is 0.707. The van der Waals surface area contributed by atoms with Gasteiger partial charge in [0.1, 0.15) is 9.84 Å². The van der Waals surface area contributed by atoms with E-state index in [0.29, 0.717) is 13.2 Å². The summed E-state index contributed by atoms with van der Waals surface area (Å²) in [5, 5.41) is 8.98. The Hall–Kier alpha value is -0.660. The van der Waals surface area contributed by atoms with Crippen molar-refractivity contribution in [3.63, 3.8) is 0 Å². The first-order valence-corrected chi connectivity index (χ1v) is 7.59. The number of hydrogen-bond donors (Lipinski definition) is 1. The van der Waals surface area contributed by atoms with Crippen molar-refractivity contribution in [3.05, 3.63) is 0 Å². The van der Waals surface area contributed by atoms with E-state index in [2.05, 4.69) is 0 Å². The normalized spacial score (nSPS) is 25.9. The molecule has 1 aliphatic heterocycles. The summed E-state index contributed by atoms with van der Waals surface area (Å²) in [6, 6.07) is -0.0788. The number of rotatable bonds is 4. The van der Waals surface area contributed by atoms with Gasteiger partial charge in [-0.05, 0) is 6.92 Å². The molecule has 6 nitrogen and oxygen atoms in total. The van der Waals surface area contributed by atoms with Crippen molar-refractivity contribution in [2.75, 3.05) is 31.8 Å². The average molecular weight is 265 g/mol. The molecule has 0 aromatic rings. The molecular formula is C10H19NO5S. The molecular weight excluding hydrogens is 246 g/mol. The van der Waals surface area contributed by atoms with Gasteiger partial charge in [-0.25, -0.2) is 8.42 Å². The summed E-state index contributed by atoms with van der Waals surface area (Å²) >= 11 is 0. The number of ether oxygens (including phenoxy) is 1. The molecule has 0 spiro atoms. The zero-order valence-electron chi connectivity index (χ0n) is 10.1. The fourth-order valence-corrected chi connectivity index (χ4v) is 2.24. The van der Waals surface area contributed by atoms with Crippen LogP contribution in [0.15, 0.2) is 0 Å². The molecule has 2 atom stereocenters. The number of carbonyl (C=O) groups excluding carboxylic acids is 1. The fraction of sp³-hybridized carbons (Fsp3) is 0.900. The zero-order chi connectivity index (χ0) is 13.1. The maximum atomic E-state index is 11.8. The SMILES string of the molecule is CC1COC(CO)CN1C(=O)CCS(C)(=O)=O. The maximum absolute atomic E-state index is 11.8. The second-order valence-corrected chi connectivity index (χ2v) is 6.67. The Morgan fingerprint density at radius 3 is 2.71 bits per heavy atom. The lowest BCUT2D eigenvalue weighted by Gasteiger charge is -2.37. The predicted octanol–water partition coefficient (Wildman–Crippen LogP) is -0.971. The van der Waals surface area contributed by atoms with Crippen molar-refractivity contribution in [3.8, 4) is 0 Å². The third kappa shape index (κ3) is 4.61. The molecule has 0 radical (unpaired) electrons. The van der Waals surface area contributed by atoms with Crippen molar-refractivity contribution in [2.45, 2.75) is 25.5 Å². The van der Waals surface area contributed by atoms with Gasteiger partial charge in [0.25, 0.3) is 0 Å². The highest BCUT2D eigenvalue weighted by molar-refractivity contribution is 7.90. The van der Waals surface area contributed by atoms with Crippen LogP contribution in [0.4, 0.5) is 0 Å². The van der Waals surface area contributed by atoms with E-state index in [1.165, 1.54) is 0 Å². The van der Waals surface area contributed by atoms with Gasteiger partial charge in [0.15, 0.2) is 0 Å². The number of carbonyl (C=O) groups is 1. The van der Waals surface area contributed by atoms with Gasteiger partial charge in [-0.15, -0.1) is 0 Å². The molecule has 1 heterocycles. The minimum absolute atomic E-state index is 0.0126. The number of aliphatic hydroxyl groups excluding tert-OH is 1. The fourth-order valence-electron chi connectivity index (χ4n) is 1.69. The maximum Gasteiger partial charge on any atom is 0.224 e. The Kier molecular flexibility index (Phi) is 4.91. The Bertz CT molecular complexity index is 367. The lowest BCUT2D eigenvalue weighted by atomic mass is 10.2. The lowest BCUT2D eigenvalue weighted by molar-refractivity contribution is -0.145. The summed E-state index contributed by atoms with van der Waals surface area (Å²) in [4.78, 5) is 13.4. The van der Waals surface area contributed by atoms with E-state index in [1.54, 1.807) is 4.90 Å². The smallest absolute Gasteiger partial charge is 0.224 e. The molecule has 100 valence electrons. The van der Waals surface area contributed by atoms with Crippen molar-refractivity contribution in [1.82, 2.24) is 4.90 Å². The van der Waals surface area contributed by atoms with Crippen LogP contribution < -0.4 is 0 Å². The van der Waals surface area contributed by atoms with Crippen LogP contribution in [-0.4, -0.2) is 68.2 Å². The number of aliphatic hydroxyl groups is 1. The highest BCUT2D eigenvalue weighted by atomic mass is 32.2. The number of morpholine rings is 1. The molecule has 1 fully saturated rings. The summed E-state index contributed by atoms with van der Waals surface area (Å²) < 4.78 is 27.3. The molecule has 1 aliphatic rings. The molecule has 0 saturated carbocycles. The zero-order valence-corrected chi connectivity index (χ0v) is 10.9. The van der Waals surface area contributed by atoms with Crippen LogP contribution in [0.3, 0.4) is 0 Å². The first-order valence-electron chi connectivity index (χ1n) is 5.53. The molecule has 7 heteroatoms. The molecule has 1 amide bonds. The number of sulfone groups is 1. The van der Waals surface area contributed by atoms with Gasteiger partial charge in [-0.2, -0.15) is 0 Å². The predicted molar refractivity (Wildman–Crippen MR) is 62.3 cm³/mol. The molecule has 1 saturated heterocycles. The van der Waals surface area contributed by atoms with Gasteiger partial charge in [-0.1, -0.05) is 0 Å². The Morgan fingerprint density at radius 2 is 2.18 bits per heavy atom. The molecule has 17 heavy (non-hydrogen) atoms. The van der Waals surface area contributed by atoms with E-state index in [1.807, 2.05) is 6.92 Å². The molecule has 0 bridgehead atoms.